The standard InChI is InChI=1S/C9H8INO/c1-5-4-11-6-2-3-7(12)9(10)8(5)6/h2-4,11-12H,1H3. The van der Waals surface area contributed by atoms with Crippen LogP contribution in [0.25, 0.3) is 10.9 Å². The Balaban J connectivity index is 2.96. The Morgan fingerprint density at radius 1 is 1.42 bits per heavy atom. The maximum absolute atomic E-state index is 9.44. The molecule has 0 aliphatic carbocycles. The van der Waals surface area contributed by atoms with Crippen LogP contribution in [0.3, 0.4) is 0 Å². The molecule has 0 aliphatic rings. The summed E-state index contributed by atoms with van der Waals surface area (Å²) in [5, 5.41) is 10.6. The summed E-state index contributed by atoms with van der Waals surface area (Å²) in [6, 6.07) is 3.60. The van der Waals surface area contributed by atoms with Crippen molar-refractivity contribution in [3.63, 3.8) is 0 Å². The van der Waals surface area contributed by atoms with Crippen molar-refractivity contribution in [2.45, 2.75) is 6.92 Å². The number of H-pyrrole nitrogens is 1. The van der Waals surface area contributed by atoms with Gasteiger partial charge in [0.05, 0.1) is 3.57 Å². The van der Waals surface area contributed by atoms with E-state index in [0.717, 1.165) is 14.5 Å². The van der Waals surface area contributed by atoms with Crippen molar-refractivity contribution in [3.05, 3.63) is 27.5 Å². The van der Waals surface area contributed by atoms with Crippen LogP contribution in [0, 0.1) is 10.5 Å². The number of aromatic hydroxyl groups is 1. The molecule has 0 spiro atoms. The van der Waals surface area contributed by atoms with Gasteiger partial charge in [-0.1, -0.05) is 0 Å². The van der Waals surface area contributed by atoms with Crippen LogP contribution in [-0.2, 0) is 0 Å². The fourth-order valence-corrected chi connectivity index (χ4v) is 2.22. The number of hydrogen-bond acceptors (Lipinski definition) is 1. The predicted molar refractivity (Wildman–Crippen MR) is 57.4 cm³/mol. The van der Waals surface area contributed by atoms with E-state index >= 15 is 0 Å². The van der Waals surface area contributed by atoms with Crippen LogP contribution in [0.2, 0.25) is 0 Å². The summed E-state index contributed by atoms with van der Waals surface area (Å²) in [5.74, 6) is 0.353. The highest BCUT2D eigenvalue weighted by atomic mass is 127. The molecule has 1 aromatic carbocycles. The Labute approximate surface area is 83.7 Å². The van der Waals surface area contributed by atoms with E-state index in [-0.39, 0.29) is 0 Å². The van der Waals surface area contributed by atoms with Gasteiger partial charge in [-0.05, 0) is 47.2 Å². The molecule has 2 nitrogen and oxygen atoms in total. The molecule has 0 fully saturated rings. The third-order valence-electron chi connectivity index (χ3n) is 1.96. The van der Waals surface area contributed by atoms with E-state index in [4.69, 9.17) is 0 Å². The monoisotopic (exact) mass is 273 g/mol. The van der Waals surface area contributed by atoms with Crippen LogP contribution >= 0.6 is 22.6 Å². The Bertz CT molecular complexity index is 433. The molecule has 0 aliphatic heterocycles. The SMILES string of the molecule is Cc1c[nH]c2ccc(O)c(I)c12. The zero-order chi connectivity index (χ0) is 8.72. The summed E-state index contributed by atoms with van der Waals surface area (Å²) in [4.78, 5) is 3.14. The van der Waals surface area contributed by atoms with Gasteiger partial charge in [0.2, 0.25) is 0 Å². The number of phenols is 1. The predicted octanol–water partition coefficient (Wildman–Crippen LogP) is 2.79. The molecule has 1 heterocycles. The van der Waals surface area contributed by atoms with Crippen molar-refractivity contribution in [1.82, 2.24) is 4.98 Å². The number of hydrogen-bond donors (Lipinski definition) is 2. The lowest BCUT2D eigenvalue weighted by Crippen LogP contribution is -1.77. The first-order valence-corrected chi connectivity index (χ1v) is 4.73. The number of phenolic OH excluding ortho intramolecular Hbond substituents is 1. The molecule has 2 rings (SSSR count). The first-order valence-electron chi connectivity index (χ1n) is 3.65. The van der Waals surface area contributed by atoms with Crippen LogP contribution in [0.1, 0.15) is 5.56 Å². The molecular weight excluding hydrogens is 265 g/mol. The highest BCUT2D eigenvalue weighted by Crippen LogP contribution is 2.30. The number of benzene rings is 1. The van der Waals surface area contributed by atoms with E-state index in [1.165, 1.54) is 5.56 Å². The Morgan fingerprint density at radius 2 is 2.17 bits per heavy atom. The largest absolute Gasteiger partial charge is 0.507 e. The minimum Gasteiger partial charge on any atom is -0.507 e. The van der Waals surface area contributed by atoms with Gasteiger partial charge in [0.25, 0.3) is 0 Å². The van der Waals surface area contributed by atoms with Crippen LogP contribution in [-0.4, -0.2) is 10.1 Å². The summed E-state index contributed by atoms with van der Waals surface area (Å²) in [6.45, 7) is 2.03. The van der Waals surface area contributed by atoms with Crippen LogP contribution < -0.4 is 0 Å². The zero-order valence-electron chi connectivity index (χ0n) is 6.56. The van der Waals surface area contributed by atoms with Gasteiger partial charge in [-0.3, -0.25) is 0 Å². The third kappa shape index (κ3) is 0.998. The van der Waals surface area contributed by atoms with E-state index in [1.54, 1.807) is 6.07 Å². The second-order valence-electron chi connectivity index (χ2n) is 2.79. The Morgan fingerprint density at radius 3 is 2.92 bits per heavy atom. The molecule has 0 radical (unpaired) electrons. The molecular formula is C9H8INO. The van der Waals surface area contributed by atoms with Crippen LogP contribution in [0.15, 0.2) is 18.3 Å². The molecule has 0 amide bonds. The van der Waals surface area contributed by atoms with Crippen molar-refractivity contribution in [3.8, 4) is 5.75 Å². The molecule has 12 heavy (non-hydrogen) atoms. The Kier molecular flexibility index (Phi) is 1.75. The second-order valence-corrected chi connectivity index (χ2v) is 3.87. The van der Waals surface area contributed by atoms with Gasteiger partial charge in [0.1, 0.15) is 5.75 Å². The van der Waals surface area contributed by atoms with Gasteiger partial charge in [0, 0.05) is 17.1 Å². The van der Waals surface area contributed by atoms with Gasteiger partial charge >= 0.3 is 0 Å². The molecule has 0 saturated heterocycles. The third-order valence-corrected chi connectivity index (χ3v) is 3.05. The van der Waals surface area contributed by atoms with Crippen LogP contribution in [0.5, 0.6) is 5.75 Å². The molecule has 2 N–H and O–H groups in total. The normalized spacial score (nSPS) is 10.8. The van der Waals surface area contributed by atoms with Gasteiger partial charge in [-0.25, -0.2) is 0 Å². The number of aromatic nitrogens is 1. The zero-order valence-corrected chi connectivity index (χ0v) is 8.71. The smallest absolute Gasteiger partial charge is 0.129 e. The highest BCUT2D eigenvalue weighted by molar-refractivity contribution is 14.1. The maximum Gasteiger partial charge on any atom is 0.129 e. The quantitative estimate of drug-likeness (QED) is 0.711. The molecule has 0 bridgehead atoms. The average Bonchev–Trinajstić information content (AvgIpc) is 2.41. The topological polar surface area (TPSA) is 36.0 Å². The number of aryl methyl sites for hydroxylation is 1. The first-order chi connectivity index (χ1) is 5.70. The summed E-state index contributed by atoms with van der Waals surface area (Å²) >= 11 is 2.15. The molecule has 1 aromatic heterocycles. The minimum absolute atomic E-state index is 0.353. The maximum atomic E-state index is 9.44. The fraction of sp³-hybridized carbons (Fsp3) is 0.111. The van der Waals surface area contributed by atoms with Crippen molar-refractivity contribution >= 4 is 33.5 Å². The summed E-state index contributed by atoms with van der Waals surface area (Å²) in [6.07, 6.45) is 1.95. The van der Waals surface area contributed by atoms with Gasteiger partial charge in [-0.15, -0.1) is 0 Å². The summed E-state index contributed by atoms with van der Waals surface area (Å²) < 4.78 is 0.920. The molecule has 62 valence electrons. The number of aromatic amines is 1. The highest BCUT2D eigenvalue weighted by Gasteiger charge is 2.06. The van der Waals surface area contributed by atoms with E-state index < -0.39 is 0 Å². The fourth-order valence-electron chi connectivity index (χ4n) is 1.33. The van der Waals surface area contributed by atoms with E-state index in [0.29, 0.717) is 5.75 Å². The lowest BCUT2D eigenvalue weighted by Gasteiger charge is -1.98. The molecule has 2 aromatic rings. The Hall–Kier alpha value is -0.710. The van der Waals surface area contributed by atoms with Crippen LogP contribution in [0.4, 0.5) is 0 Å². The van der Waals surface area contributed by atoms with E-state index in [1.807, 2.05) is 19.2 Å². The molecule has 0 atom stereocenters. The minimum atomic E-state index is 0.353. The van der Waals surface area contributed by atoms with E-state index in [9.17, 15) is 5.11 Å². The van der Waals surface area contributed by atoms with E-state index in [2.05, 4.69) is 27.6 Å². The van der Waals surface area contributed by atoms with Gasteiger partial charge < -0.3 is 10.1 Å². The summed E-state index contributed by atoms with van der Waals surface area (Å²) in [5.41, 5.74) is 2.25. The lowest BCUT2D eigenvalue weighted by molar-refractivity contribution is 0.472. The van der Waals surface area contributed by atoms with Gasteiger partial charge in [-0.2, -0.15) is 0 Å². The number of rotatable bonds is 0. The molecule has 0 saturated carbocycles. The first kappa shape index (κ1) is 7.91. The summed E-state index contributed by atoms with van der Waals surface area (Å²) in [7, 11) is 0. The number of fused-ring (bicyclic) bond motifs is 1. The second kappa shape index (κ2) is 2.65. The number of halogens is 1. The molecule has 3 heteroatoms. The average molecular weight is 273 g/mol. The van der Waals surface area contributed by atoms with Crippen molar-refractivity contribution in [2.24, 2.45) is 0 Å². The molecule has 0 unspecified atom stereocenters. The van der Waals surface area contributed by atoms with Crippen molar-refractivity contribution < 1.29 is 5.11 Å². The van der Waals surface area contributed by atoms with Crippen molar-refractivity contribution in [1.29, 1.82) is 0 Å². The number of nitrogens with one attached hydrogen (secondary N) is 1. The van der Waals surface area contributed by atoms with Crippen molar-refractivity contribution in [2.75, 3.05) is 0 Å². The lowest BCUT2D eigenvalue weighted by atomic mass is 10.2. The van der Waals surface area contributed by atoms with Gasteiger partial charge in [0.15, 0.2) is 0 Å².